The smallest absolute Gasteiger partial charge is 0.410 e. The second kappa shape index (κ2) is 5.43. The van der Waals surface area contributed by atoms with Crippen molar-refractivity contribution in [3.05, 3.63) is 29.8 Å². The summed E-state index contributed by atoms with van der Waals surface area (Å²) in [5.74, 6) is 0. The van der Waals surface area contributed by atoms with Gasteiger partial charge in [-0.3, -0.25) is 0 Å². The number of benzene rings is 1. The Morgan fingerprint density at radius 3 is 2.71 bits per heavy atom. The van der Waals surface area contributed by atoms with Gasteiger partial charge in [0.05, 0.1) is 11.6 Å². The van der Waals surface area contributed by atoms with Crippen molar-refractivity contribution >= 4 is 12.6 Å². The second-order valence-electron chi connectivity index (χ2n) is 2.72. The van der Waals surface area contributed by atoms with Crippen molar-refractivity contribution in [2.24, 2.45) is 0 Å². The van der Waals surface area contributed by atoms with Crippen molar-refractivity contribution in [1.29, 1.82) is 5.26 Å². The summed E-state index contributed by atoms with van der Waals surface area (Å²) in [5, 5.41) is 8.87. The van der Waals surface area contributed by atoms with Crippen LogP contribution in [0.4, 0.5) is 0 Å². The maximum Gasteiger partial charge on any atom is 0.495 e. The van der Waals surface area contributed by atoms with E-state index < -0.39 is 7.12 Å². The van der Waals surface area contributed by atoms with E-state index in [-0.39, 0.29) is 0 Å². The quantitative estimate of drug-likeness (QED) is 0.661. The van der Waals surface area contributed by atoms with Crippen LogP contribution in [0.3, 0.4) is 0 Å². The predicted octanol–water partition coefficient (Wildman–Crippen LogP) is 0.936. The van der Waals surface area contributed by atoms with Crippen LogP contribution in [0.1, 0.15) is 12.5 Å². The molecule has 0 atom stereocenters. The highest BCUT2D eigenvalue weighted by Crippen LogP contribution is 1.98. The van der Waals surface area contributed by atoms with E-state index in [4.69, 9.17) is 14.6 Å². The first kappa shape index (κ1) is 10.8. The molecule has 1 rings (SSSR count). The van der Waals surface area contributed by atoms with Crippen LogP contribution in [0.25, 0.3) is 0 Å². The summed E-state index contributed by atoms with van der Waals surface area (Å²) in [6.07, 6.45) is 0. The van der Waals surface area contributed by atoms with Crippen LogP contribution in [0.15, 0.2) is 24.3 Å². The topological polar surface area (TPSA) is 42.2 Å². The summed E-state index contributed by atoms with van der Waals surface area (Å²) in [6, 6.07) is 9.38. The van der Waals surface area contributed by atoms with Gasteiger partial charge in [-0.2, -0.15) is 5.26 Å². The zero-order valence-corrected chi connectivity index (χ0v) is 8.36. The van der Waals surface area contributed by atoms with Gasteiger partial charge in [-0.05, 0) is 13.0 Å². The van der Waals surface area contributed by atoms with Crippen molar-refractivity contribution in [3.8, 4) is 6.07 Å². The Balaban J connectivity index is 2.97. The number of nitrogens with zero attached hydrogens (tertiary/aromatic N) is 1. The lowest BCUT2D eigenvalue weighted by Gasteiger charge is -2.11. The molecule has 3 nitrogen and oxygen atoms in total. The first-order chi connectivity index (χ1) is 6.83. The molecule has 0 aliphatic heterocycles. The highest BCUT2D eigenvalue weighted by Gasteiger charge is 2.21. The van der Waals surface area contributed by atoms with Crippen LogP contribution in [0, 0.1) is 11.3 Å². The first-order valence-electron chi connectivity index (χ1n) is 4.47. The van der Waals surface area contributed by atoms with Crippen molar-refractivity contribution in [2.75, 3.05) is 13.7 Å². The standard InChI is InChI=1S/C10H12BNO2/c1-3-14-11(13-2)10-7-5-4-6-9(10)8-12/h4-7H,3H2,1-2H3. The second-order valence-corrected chi connectivity index (χ2v) is 2.72. The molecule has 0 unspecified atom stereocenters. The maximum atomic E-state index is 8.87. The Morgan fingerprint density at radius 1 is 1.43 bits per heavy atom. The van der Waals surface area contributed by atoms with Gasteiger partial charge in [0.15, 0.2) is 0 Å². The van der Waals surface area contributed by atoms with Gasteiger partial charge in [-0.1, -0.05) is 18.2 Å². The molecule has 0 saturated heterocycles. The minimum atomic E-state index is -0.448. The van der Waals surface area contributed by atoms with E-state index in [0.29, 0.717) is 12.2 Å². The summed E-state index contributed by atoms with van der Waals surface area (Å²) >= 11 is 0. The van der Waals surface area contributed by atoms with Crippen molar-refractivity contribution in [2.45, 2.75) is 6.92 Å². The van der Waals surface area contributed by atoms with E-state index in [1.165, 1.54) is 0 Å². The van der Waals surface area contributed by atoms with E-state index in [0.717, 1.165) is 5.46 Å². The molecule has 0 radical (unpaired) electrons. The van der Waals surface area contributed by atoms with Gasteiger partial charge in [0, 0.05) is 19.2 Å². The summed E-state index contributed by atoms with van der Waals surface area (Å²) in [7, 11) is 1.12. The molecule has 0 aliphatic carbocycles. The molecule has 0 aliphatic rings. The van der Waals surface area contributed by atoms with Crippen LogP contribution in [0.2, 0.25) is 0 Å². The van der Waals surface area contributed by atoms with Gasteiger partial charge in [0.25, 0.3) is 0 Å². The fourth-order valence-corrected chi connectivity index (χ4v) is 1.24. The molecular formula is C10H12BNO2. The third kappa shape index (κ3) is 2.35. The molecule has 0 fully saturated rings. The number of rotatable bonds is 4. The van der Waals surface area contributed by atoms with Gasteiger partial charge in [0.2, 0.25) is 0 Å². The Hall–Kier alpha value is -1.31. The molecule has 4 heteroatoms. The third-order valence-electron chi connectivity index (χ3n) is 1.87. The van der Waals surface area contributed by atoms with Crippen LogP contribution in [0.5, 0.6) is 0 Å². The lowest BCUT2D eigenvalue weighted by molar-refractivity contribution is 0.253. The molecule has 0 heterocycles. The molecule has 1 aromatic rings. The van der Waals surface area contributed by atoms with Crippen LogP contribution in [-0.4, -0.2) is 20.8 Å². The van der Waals surface area contributed by atoms with E-state index >= 15 is 0 Å². The molecular weight excluding hydrogens is 177 g/mol. The minimum absolute atomic E-state index is 0.448. The number of hydrogen-bond donors (Lipinski definition) is 0. The highest BCUT2D eigenvalue weighted by molar-refractivity contribution is 6.62. The van der Waals surface area contributed by atoms with E-state index in [2.05, 4.69) is 6.07 Å². The fraction of sp³-hybridized carbons (Fsp3) is 0.300. The van der Waals surface area contributed by atoms with Gasteiger partial charge in [-0.25, -0.2) is 0 Å². The monoisotopic (exact) mass is 189 g/mol. The number of hydrogen-bond acceptors (Lipinski definition) is 3. The third-order valence-corrected chi connectivity index (χ3v) is 1.87. The highest BCUT2D eigenvalue weighted by atomic mass is 16.6. The zero-order valence-electron chi connectivity index (χ0n) is 8.36. The normalized spacial score (nSPS) is 9.50. The lowest BCUT2D eigenvalue weighted by Crippen LogP contribution is -2.37. The summed E-state index contributed by atoms with van der Waals surface area (Å²) < 4.78 is 10.5. The average Bonchev–Trinajstić information content (AvgIpc) is 2.26. The maximum absolute atomic E-state index is 8.87. The predicted molar refractivity (Wildman–Crippen MR) is 55.2 cm³/mol. The lowest BCUT2D eigenvalue weighted by atomic mass is 9.76. The van der Waals surface area contributed by atoms with E-state index in [1.807, 2.05) is 25.1 Å². The summed E-state index contributed by atoms with van der Waals surface area (Å²) in [5.41, 5.74) is 1.37. The van der Waals surface area contributed by atoms with Crippen LogP contribution in [-0.2, 0) is 9.31 Å². The number of nitriles is 1. The molecule has 0 spiro atoms. The molecule has 0 bridgehead atoms. The van der Waals surface area contributed by atoms with E-state index in [1.54, 1.807) is 13.2 Å². The molecule has 72 valence electrons. The molecule has 0 aromatic heterocycles. The molecule has 0 saturated carbocycles. The summed E-state index contributed by atoms with van der Waals surface area (Å²) in [6.45, 7) is 2.44. The molecule has 14 heavy (non-hydrogen) atoms. The average molecular weight is 189 g/mol. The Labute approximate surface area is 84.4 Å². The Morgan fingerprint density at radius 2 is 2.14 bits per heavy atom. The minimum Gasteiger partial charge on any atom is -0.410 e. The zero-order chi connectivity index (χ0) is 10.4. The Bertz CT molecular complexity index is 335. The SMILES string of the molecule is CCOB(OC)c1ccccc1C#N. The van der Waals surface area contributed by atoms with E-state index in [9.17, 15) is 0 Å². The van der Waals surface area contributed by atoms with Crippen molar-refractivity contribution < 1.29 is 9.31 Å². The van der Waals surface area contributed by atoms with Crippen molar-refractivity contribution in [3.63, 3.8) is 0 Å². The van der Waals surface area contributed by atoms with Gasteiger partial charge in [0.1, 0.15) is 0 Å². The largest absolute Gasteiger partial charge is 0.495 e. The first-order valence-corrected chi connectivity index (χ1v) is 4.47. The molecule has 0 N–H and O–H groups in total. The summed E-state index contributed by atoms with van der Waals surface area (Å²) in [4.78, 5) is 0. The van der Waals surface area contributed by atoms with Crippen LogP contribution < -0.4 is 5.46 Å². The van der Waals surface area contributed by atoms with Gasteiger partial charge >= 0.3 is 7.12 Å². The van der Waals surface area contributed by atoms with Gasteiger partial charge < -0.3 is 9.31 Å². The molecule has 0 amide bonds. The van der Waals surface area contributed by atoms with Crippen LogP contribution >= 0.6 is 0 Å². The van der Waals surface area contributed by atoms with Gasteiger partial charge in [-0.15, -0.1) is 0 Å². The Kier molecular flexibility index (Phi) is 4.18. The fourth-order valence-electron chi connectivity index (χ4n) is 1.24. The van der Waals surface area contributed by atoms with Crippen molar-refractivity contribution in [1.82, 2.24) is 0 Å². The molecule has 1 aromatic carbocycles.